The van der Waals surface area contributed by atoms with Crippen molar-refractivity contribution in [1.82, 2.24) is 19.9 Å². The zero-order valence-electron chi connectivity index (χ0n) is 15.3. The van der Waals surface area contributed by atoms with Gasteiger partial charge in [-0.2, -0.15) is 0 Å². The molecule has 4 rings (SSSR count). The number of ether oxygens (including phenoxy) is 1. The van der Waals surface area contributed by atoms with E-state index >= 15 is 0 Å². The maximum absolute atomic E-state index is 12.7. The Bertz CT molecular complexity index is 977. The molecule has 0 bridgehead atoms. The monoisotopic (exact) mass is 364 g/mol. The normalized spacial score (nSPS) is 14.4. The molecule has 1 saturated heterocycles. The van der Waals surface area contributed by atoms with Crippen LogP contribution >= 0.6 is 0 Å². The fourth-order valence-electron chi connectivity index (χ4n) is 3.07. The number of amides is 1. The molecule has 1 aliphatic heterocycles. The van der Waals surface area contributed by atoms with Crippen LogP contribution in [0.3, 0.4) is 0 Å². The minimum Gasteiger partial charge on any atom is -0.378 e. The Labute approximate surface area is 156 Å². The fourth-order valence-corrected chi connectivity index (χ4v) is 3.07. The van der Waals surface area contributed by atoms with Crippen LogP contribution in [0.5, 0.6) is 0 Å². The number of carbonyl (C=O) groups excluding carboxylic acids is 1. The van der Waals surface area contributed by atoms with Crippen LogP contribution in [-0.2, 0) is 4.74 Å². The first-order valence-corrected chi connectivity index (χ1v) is 8.82. The van der Waals surface area contributed by atoms with Gasteiger partial charge in [0.2, 0.25) is 5.95 Å². The number of nitrogens with zero attached hydrogens (tertiary/aromatic N) is 5. The first-order chi connectivity index (χ1) is 13.1. The maximum atomic E-state index is 12.7. The summed E-state index contributed by atoms with van der Waals surface area (Å²) >= 11 is 0. The van der Waals surface area contributed by atoms with Crippen LogP contribution in [0.2, 0.25) is 0 Å². The van der Waals surface area contributed by atoms with Crippen LogP contribution < -0.4 is 10.2 Å². The Morgan fingerprint density at radius 1 is 1.04 bits per heavy atom. The highest BCUT2D eigenvalue weighted by Gasteiger charge is 2.18. The van der Waals surface area contributed by atoms with Gasteiger partial charge < -0.3 is 15.0 Å². The SMILES string of the molecule is Cc1nc(N2CCOCC2)nc(C)c1NC(=O)c1ccc2nccnc2c1. The second kappa shape index (κ2) is 7.24. The molecule has 3 aromatic rings. The van der Waals surface area contributed by atoms with Gasteiger partial charge in [0.05, 0.1) is 41.3 Å². The summed E-state index contributed by atoms with van der Waals surface area (Å²) in [6.07, 6.45) is 3.23. The number of aromatic nitrogens is 4. The fraction of sp³-hybridized carbons (Fsp3) is 0.316. The Morgan fingerprint density at radius 3 is 2.41 bits per heavy atom. The van der Waals surface area contributed by atoms with Gasteiger partial charge in [-0.25, -0.2) is 9.97 Å². The van der Waals surface area contributed by atoms with Crippen LogP contribution in [0.25, 0.3) is 11.0 Å². The van der Waals surface area contributed by atoms with E-state index in [9.17, 15) is 4.79 Å². The van der Waals surface area contributed by atoms with Gasteiger partial charge in [0.25, 0.3) is 5.91 Å². The molecule has 1 aliphatic rings. The second-order valence-electron chi connectivity index (χ2n) is 6.38. The average Bonchev–Trinajstić information content (AvgIpc) is 2.70. The van der Waals surface area contributed by atoms with Crippen molar-refractivity contribution in [2.75, 3.05) is 36.5 Å². The van der Waals surface area contributed by atoms with E-state index in [4.69, 9.17) is 4.74 Å². The lowest BCUT2D eigenvalue weighted by atomic mass is 10.1. The molecule has 0 atom stereocenters. The van der Waals surface area contributed by atoms with Gasteiger partial charge in [0.1, 0.15) is 0 Å². The van der Waals surface area contributed by atoms with Gasteiger partial charge >= 0.3 is 0 Å². The van der Waals surface area contributed by atoms with E-state index in [-0.39, 0.29) is 5.91 Å². The molecular formula is C19H20N6O2. The molecule has 2 aromatic heterocycles. The van der Waals surface area contributed by atoms with Crippen molar-refractivity contribution in [2.45, 2.75) is 13.8 Å². The highest BCUT2D eigenvalue weighted by Crippen LogP contribution is 2.22. The van der Waals surface area contributed by atoms with Crippen molar-refractivity contribution in [1.29, 1.82) is 0 Å². The first-order valence-electron chi connectivity index (χ1n) is 8.82. The Morgan fingerprint density at radius 2 is 1.70 bits per heavy atom. The summed E-state index contributed by atoms with van der Waals surface area (Å²) in [5.74, 6) is 0.448. The zero-order chi connectivity index (χ0) is 18.8. The molecule has 1 aromatic carbocycles. The average molecular weight is 364 g/mol. The smallest absolute Gasteiger partial charge is 0.255 e. The molecule has 0 radical (unpaired) electrons. The largest absolute Gasteiger partial charge is 0.378 e. The number of hydrogen-bond donors (Lipinski definition) is 1. The Balaban J connectivity index is 1.58. The van der Waals surface area contributed by atoms with Crippen molar-refractivity contribution in [2.24, 2.45) is 0 Å². The molecule has 0 saturated carbocycles. The molecule has 1 amide bonds. The quantitative estimate of drug-likeness (QED) is 0.761. The molecule has 1 fully saturated rings. The molecule has 27 heavy (non-hydrogen) atoms. The van der Waals surface area contributed by atoms with Crippen LogP contribution in [-0.4, -0.2) is 52.1 Å². The third kappa shape index (κ3) is 3.56. The minimum absolute atomic E-state index is 0.225. The number of hydrogen-bond acceptors (Lipinski definition) is 7. The molecule has 0 aliphatic carbocycles. The standard InChI is InChI=1S/C19H20N6O2/c1-12-17(13(2)23-19(22-12)25-7-9-27-10-8-25)24-18(26)14-3-4-15-16(11-14)21-6-5-20-15/h3-6,11H,7-10H2,1-2H3,(H,24,26). The molecule has 8 heteroatoms. The highest BCUT2D eigenvalue weighted by atomic mass is 16.5. The molecule has 1 N–H and O–H groups in total. The number of nitrogens with one attached hydrogen (secondary N) is 1. The molecular weight excluding hydrogens is 344 g/mol. The third-order valence-corrected chi connectivity index (χ3v) is 4.52. The van der Waals surface area contributed by atoms with E-state index in [1.165, 1.54) is 0 Å². The van der Waals surface area contributed by atoms with Gasteiger partial charge in [-0.1, -0.05) is 0 Å². The number of anilines is 2. The second-order valence-corrected chi connectivity index (χ2v) is 6.38. The number of morpholine rings is 1. The van der Waals surface area contributed by atoms with Crippen molar-refractivity contribution < 1.29 is 9.53 Å². The van der Waals surface area contributed by atoms with E-state index in [0.29, 0.717) is 35.9 Å². The summed E-state index contributed by atoms with van der Waals surface area (Å²) < 4.78 is 5.37. The zero-order valence-corrected chi connectivity index (χ0v) is 15.3. The summed E-state index contributed by atoms with van der Waals surface area (Å²) in [6.45, 7) is 6.63. The number of aryl methyl sites for hydroxylation is 2. The van der Waals surface area contributed by atoms with Crippen LogP contribution in [0.15, 0.2) is 30.6 Å². The molecule has 0 spiro atoms. The summed E-state index contributed by atoms with van der Waals surface area (Å²) in [4.78, 5) is 32.4. The number of rotatable bonds is 3. The lowest BCUT2D eigenvalue weighted by molar-refractivity contribution is 0.102. The van der Waals surface area contributed by atoms with Crippen molar-refractivity contribution in [3.05, 3.63) is 47.5 Å². The topological polar surface area (TPSA) is 93.1 Å². The van der Waals surface area contributed by atoms with Crippen LogP contribution in [0.1, 0.15) is 21.7 Å². The molecule has 3 heterocycles. The van der Waals surface area contributed by atoms with Crippen LogP contribution in [0.4, 0.5) is 11.6 Å². The van der Waals surface area contributed by atoms with E-state index in [1.54, 1.807) is 30.6 Å². The van der Waals surface area contributed by atoms with E-state index in [0.717, 1.165) is 30.0 Å². The van der Waals surface area contributed by atoms with Gasteiger partial charge in [0.15, 0.2) is 0 Å². The maximum Gasteiger partial charge on any atom is 0.255 e. The van der Waals surface area contributed by atoms with E-state index in [1.807, 2.05) is 13.8 Å². The number of fused-ring (bicyclic) bond motifs is 1. The van der Waals surface area contributed by atoms with Crippen molar-refractivity contribution >= 4 is 28.6 Å². The molecule has 138 valence electrons. The predicted molar refractivity (Wildman–Crippen MR) is 102 cm³/mol. The Hall–Kier alpha value is -3.13. The van der Waals surface area contributed by atoms with Crippen molar-refractivity contribution in [3.8, 4) is 0 Å². The van der Waals surface area contributed by atoms with E-state index in [2.05, 4.69) is 30.2 Å². The lowest BCUT2D eigenvalue weighted by Crippen LogP contribution is -2.37. The summed E-state index contributed by atoms with van der Waals surface area (Å²) in [7, 11) is 0. The van der Waals surface area contributed by atoms with Crippen LogP contribution in [0, 0.1) is 13.8 Å². The first kappa shape index (κ1) is 17.3. The summed E-state index contributed by atoms with van der Waals surface area (Å²) in [5, 5.41) is 2.93. The highest BCUT2D eigenvalue weighted by molar-refractivity contribution is 6.06. The third-order valence-electron chi connectivity index (χ3n) is 4.52. The number of carbonyl (C=O) groups is 1. The molecule has 8 nitrogen and oxygen atoms in total. The van der Waals surface area contributed by atoms with Crippen molar-refractivity contribution in [3.63, 3.8) is 0 Å². The van der Waals surface area contributed by atoms with Gasteiger partial charge in [-0.05, 0) is 32.0 Å². The summed E-state index contributed by atoms with van der Waals surface area (Å²) in [5.41, 5.74) is 4.04. The summed E-state index contributed by atoms with van der Waals surface area (Å²) in [6, 6.07) is 5.25. The minimum atomic E-state index is -0.225. The molecule has 0 unspecified atom stereocenters. The Kier molecular flexibility index (Phi) is 4.64. The lowest BCUT2D eigenvalue weighted by Gasteiger charge is -2.27. The predicted octanol–water partition coefficient (Wildman–Crippen LogP) is 2.13. The van der Waals surface area contributed by atoms with Gasteiger partial charge in [-0.3, -0.25) is 14.8 Å². The number of benzene rings is 1. The van der Waals surface area contributed by atoms with Gasteiger partial charge in [-0.15, -0.1) is 0 Å². The van der Waals surface area contributed by atoms with Gasteiger partial charge in [0, 0.05) is 31.0 Å². The van der Waals surface area contributed by atoms with E-state index < -0.39 is 0 Å².